The molecule has 4 aliphatic rings. The number of aryl methyl sites for hydroxylation is 3. The second-order valence-electron chi connectivity index (χ2n) is 17.4. The van der Waals surface area contributed by atoms with Crippen LogP contribution in [0.15, 0.2) is 176 Å². The van der Waals surface area contributed by atoms with Gasteiger partial charge in [0, 0.05) is 56.3 Å². The van der Waals surface area contributed by atoms with Crippen molar-refractivity contribution in [1.82, 2.24) is 8.96 Å². The van der Waals surface area contributed by atoms with Crippen LogP contribution in [0.1, 0.15) is 16.7 Å². The molecule has 14 rings (SSSR count). The molecule has 6 heteroatoms. The highest BCUT2D eigenvalue weighted by Gasteiger charge is 2.50. The molecule has 8 aromatic carbocycles. The highest BCUT2D eigenvalue weighted by atomic mass is 15.2. The molecule has 0 atom stereocenters. The minimum absolute atomic E-state index is 0.0728. The van der Waals surface area contributed by atoms with E-state index < -0.39 is 0 Å². The zero-order valence-electron chi connectivity index (χ0n) is 34.2. The Kier molecular flexibility index (Phi) is 6.50. The summed E-state index contributed by atoms with van der Waals surface area (Å²) in [7, 11) is 0. The number of hydrogen-bond acceptors (Lipinski definition) is 2. The quantitative estimate of drug-likeness (QED) is 0.166. The molecule has 0 bridgehead atoms. The number of para-hydroxylation sites is 4. The van der Waals surface area contributed by atoms with E-state index in [1.54, 1.807) is 0 Å². The van der Waals surface area contributed by atoms with Crippen LogP contribution in [-0.4, -0.2) is 22.7 Å². The highest BCUT2D eigenvalue weighted by Crippen LogP contribution is 2.50. The summed E-state index contributed by atoms with van der Waals surface area (Å²) in [5.74, 6) is 0. The lowest BCUT2D eigenvalue weighted by Gasteiger charge is -2.47. The maximum atomic E-state index is 2.64. The predicted octanol–water partition coefficient (Wildman–Crippen LogP) is 11.0. The maximum absolute atomic E-state index is 2.64. The molecule has 0 spiro atoms. The zero-order valence-corrected chi connectivity index (χ0v) is 34.2. The van der Waals surface area contributed by atoms with Crippen LogP contribution in [0, 0.1) is 20.8 Å². The van der Waals surface area contributed by atoms with Gasteiger partial charge in [-0.25, -0.2) is 0 Å². The summed E-state index contributed by atoms with van der Waals surface area (Å²) < 4.78 is 5.20. The van der Waals surface area contributed by atoms with E-state index in [1.165, 1.54) is 116 Å². The summed E-state index contributed by atoms with van der Waals surface area (Å²) >= 11 is 0. The number of aromatic nitrogens is 2. The lowest BCUT2D eigenvalue weighted by atomic mass is 9.39. The van der Waals surface area contributed by atoms with Crippen molar-refractivity contribution in [3.05, 3.63) is 193 Å². The lowest BCUT2D eigenvalue weighted by molar-refractivity contribution is 1.20. The van der Waals surface area contributed by atoms with Gasteiger partial charge in [-0.15, -0.1) is 0 Å². The van der Waals surface area contributed by atoms with E-state index in [-0.39, 0.29) is 13.7 Å². The molecule has 0 saturated heterocycles. The number of fused-ring (bicyclic) bond motifs is 9. The molecule has 0 radical (unpaired) electrons. The fourth-order valence-corrected chi connectivity index (χ4v) is 12.1. The Labute approximate surface area is 355 Å². The third-order valence-electron chi connectivity index (χ3n) is 14.2. The highest BCUT2D eigenvalue weighted by molar-refractivity contribution is 6.95. The largest absolute Gasteiger partial charge is 0.382 e. The number of rotatable bonds is 3. The second kappa shape index (κ2) is 11.9. The average molecular weight is 777 g/mol. The minimum Gasteiger partial charge on any atom is -0.382 e. The summed E-state index contributed by atoms with van der Waals surface area (Å²) in [5.41, 5.74) is 26.9. The van der Waals surface area contributed by atoms with Crippen LogP contribution in [-0.2, 0) is 0 Å². The third kappa shape index (κ3) is 4.22. The van der Waals surface area contributed by atoms with Gasteiger partial charge in [0.05, 0.1) is 0 Å². The monoisotopic (exact) mass is 776 g/mol. The van der Waals surface area contributed by atoms with E-state index in [2.05, 4.69) is 216 Å². The van der Waals surface area contributed by atoms with E-state index >= 15 is 0 Å². The maximum Gasteiger partial charge on any atom is 0.334 e. The molecule has 0 saturated carbocycles. The Morgan fingerprint density at radius 2 is 0.869 bits per heavy atom. The number of hydrogen-bond donors (Lipinski definition) is 0. The zero-order chi connectivity index (χ0) is 40.2. The molecule has 10 aromatic rings. The van der Waals surface area contributed by atoms with Gasteiger partial charge in [-0.05, 0) is 154 Å². The molecule has 0 aliphatic carbocycles. The van der Waals surface area contributed by atoms with Crippen molar-refractivity contribution in [1.29, 1.82) is 0 Å². The van der Waals surface area contributed by atoms with Crippen molar-refractivity contribution in [3.63, 3.8) is 0 Å². The third-order valence-corrected chi connectivity index (χ3v) is 14.2. The number of anilines is 6. The van der Waals surface area contributed by atoms with Crippen LogP contribution in [0.5, 0.6) is 0 Å². The van der Waals surface area contributed by atoms with Crippen LogP contribution in [0.4, 0.5) is 34.1 Å². The first-order valence-corrected chi connectivity index (χ1v) is 21.5. The van der Waals surface area contributed by atoms with Gasteiger partial charge in [0.2, 0.25) is 0 Å². The van der Waals surface area contributed by atoms with Gasteiger partial charge in [-0.1, -0.05) is 115 Å². The Morgan fingerprint density at radius 1 is 0.377 bits per heavy atom. The van der Waals surface area contributed by atoms with Crippen LogP contribution >= 0.6 is 0 Å². The Balaban J connectivity index is 1.24. The summed E-state index contributed by atoms with van der Waals surface area (Å²) in [5, 5.41) is 2.54. The summed E-state index contributed by atoms with van der Waals surface area (Å²) in [6.07, 6.45) is 4.71. The normalized spacial score (nSPS) is 13.7. The fraction of sp³-hybridized carbons (Fsp3) is 0.0545. The molecule has 284 valence electrons. The topological polar surface area (TPSA) is 16.3 Å². The molecule has 61 heavy (non-hydrogen) atoms. The van der Waals surface area contributed by atoms with E-state index in [4.69, 9.17) is 0 Å². The van der Waals surface area contributed by atoms with Crippen LogP contribution in [0.25, 0.3) is 55.2 Å². The van der Waals surface area contributed by atoms with Gasteiger partial charge in [0.25, 0.3) is 0 Å². The summed E-state index contributed by atoms with van der Waals surface area (Å²) in [4.78, 5) is 5.21. The molecule has 6 heterocycles. The van der Waals surface area contributed by atoms with Gasteiger partial charge in [0.15, 0.2) is 0 Å². The fourth-order valence-electron chi connectivity index (χ4n) is 12.1. The molecule has 0 unspecified atom stereocenters. The van der Waals surface area contributed by atoms with Gasteiger partial charge < -0.3 is 18.8 Å². The predicted molar refractivity (Wildman–Crippen MR) is 258 cm³/mol. The minimum atomic E-state index is -0.0897. The van der Waals surface area contributed by atoms with Crippen LogP contribution in [0.2, 0.25) is 0 Å². The SMILES string of the molecule is Cc1cc(C)c(-c2cc3c(c4c2B2c5c(cccc5N4c4ccccc4)-c4cccc5ccn2c45)B2c4c(cccc4N3c3ccccc3)-c3cccc4ccn2c34)c(C)c1. The molecule has 4 aliphatic heterocycles. The van der Waals surface area contributed by atoms with Crippen molar-refractivity contribution in [3.8, 4) is 33.4 Å². The van der Waals surface area contributed by atoms with Crippen molar-refractivity contribution < 1.29 is 0 Å². The van der Waals surface area contributed by atoms with E-state index in [9.17, 15) is 0 Å². The second-order valence-corrected chi connectivity index (χ2v) is 17.4. The number of nitrogens with zero attached hydrogens (tertiary/aromatic N) is 4. The molecule has 4 nitrogen and oxygen atoms in total. The van der Waals surface area contributed by atoms with E-state index in [1.807, 2.05) is 0 Å². The van der Waals surface area contributed by atoms with Crippen LogP contribution in [0.3, 0.4) is 0 Å². The first-order chi connectivity index (χ1) is 30.0. The Hall–Kier alpha value is -7.43. The molecule has 0 N–H and O–H groups in total. The molecule has 0 fully saturated rings. The Morgan fingerprint density at radius 3 is 1.44 bits per heavy atom. The van der Waals surface area contributed by atoms with Gasteiger partial charge in [0.1, 0.15) is 0 Å². The lowest BCUT2D eigenvalue weighted by Crippen LogP contribution is -2.63. The van der Waals surface area contributed by atoms with Gasteiger partial charge in [-0.3, -0.25) is 0 Å². The average Bonchev–Trinajstić information content (AvgIpc) is 3.93. The van der Waals surface area contributed by atoms with E-state index in [0.29, 0.717) is 0 Å². The molecule has 2 aromatic heterocycles. The Bertz CT molecular complexity index is 3520. The number of benzene rings is 8. The van der Waals surface area contributed by atoms with Crippen molar-refractivity contribution in [2.45, 2.75) is 20.8 Å². The van der Waals surface area contributed by atoms with Crippen molar-refractivity contribution in [2.24, 2.45) is 0 Å². The summed E-state index contributed by atoms with van der Waals surface area (Å²) in [6.45, 7) is 6.69. The van der Waals surface area contributed by atoms with Crippen LogP contribution < -0.4 is 31.7 Å². The van der Waals surface area contributed by atoms with Crippen molar-refractivity contribution in [2.75, 3.05) is 9.80 Å². The molecule has 0 amide bonds. The van der Waals surface area contributed by atoms with Gasteiger partial charge in [-0.2, -0.15) is 0 Å². The smallest absolute Gasteiger partial charge is 0.334 e. The first kappa shape index (κ1) is 33.4. The van der Waals surface area contributed by atoms with Crippen molar-refractivity contribution >= 4 is 91.5 Å². The first-order valence-electron chi connectivity index (χ1n) is 21.5. The molecular weight excluding hydrogens is 738 g/mol. The molecular formula is C55H38B2N4. The standard InChI is InChI=1S/C55H38B2N4/c1-33-30-34(2)48(35(3)31-33)44-32-47-52(57-49-40(42-22-11-15-37-27-29-59(57)54(37)42)20-12-24-45(49)60(47)38-16-6-4-7-17-38)55-51(44)56-50-41(43-23-10-14-36-26-28-58(56)53(36)43)21-13-25-46(50)61(55)39-18-8-5-9-19-39/h4-32H,1-3H3. The van der Waals surface area contributed by atoms with E-state index in [0.717, 1.165) is 11.4 Å². The summed E-state index contributed by atoms with van der Waals surface area (Å²) in [6, 6.07) is 61.8. The van der Waals surface area contributed by atoms with Gasteiger partial charge >= 0.3 is 13.7 Å².